The van der Waals surface area contributed by atoms with Crippen molar-refractivity contribution in [3.8, 4) is 0 Å². The monoisotopic (exact) mass is 290 g/mol. The summed E-state index contributed by atoms with van der Waals surface area (Å²) in [5.41, 5.74) is 0. The van der Waals surface area contributed by atoms with Crippen molar-refractivity contribution in [2.75, 3.05) is 27.3 Å². The standard InChI is InChI=1S/C11H18N2O3S2/c1-12-6-10-5-11(8-17-10)18(14,15)13(2)9-3-4-16-7-9/h5,8-9,12H,3-4,6-7H2,1-2H3. The van der Waals surface area contributed by atoms with Crippen LogP contribution < -0.4 is 5.32 Å². The van der Waals surface area contributed by atoms with Gasteiger partial charge in [0.05, 0.1) is 17.5 Å². The zero-order chi connectivity index (χ0) is 13.2. The molecule has 7 heteroatoms. The van der Waals surface area contributed by atoms with E-state index in [4.69, 9.17) is 4.74 Å². The van der Waals surface area contributed by atoms with Crippen LogP contribution in [0.3, 0.4) is 0 Å². The highest BCUT2D eigenvalue weighted by atomic mass is 32.2. The maximum atomic E-state index is 12.4. The lowest BCUT2D eigenvalue weighted by atomic mass is 10.3. The van der Waals surface area contributed by atoms with Gasteiger partial charge in [-0.05, 0) is 19.5 Å². The molecule has 1 N–H and O–H groups in total. The predicted molar refractivity (Wildman–Crippen MR) is 71.3 cm³/mol. The lowest BCUT2D eigenvalue weighted by Gasteiger charge is -2.21. The lowest BCUT2D eigenvalue weighted by molar-refractivity contribution is 0.181. The van der Waals surface area contributed by atoms with Gasteiger partial charge in [-0.15, -0.1) is 11.3 Å². The van der Waals surface area contributed by atoms with E-state index >= 15 is 0 Å². The molecule has 1 aliphatic heterocycles. The summed E-state index contributed by atoms with van der Waals surface area (Å²) in [6.45, 7) is 1.82. The summed E-state index contributed by atoms with van der Waals surface area (Å²) in [6.07, 6.45) is 0.767. The van der Waals surface area contributed by atoms with Crippen molar-refractivity contribution in [3.63, 3.8) is 0 Å². The average Bonchev–Trinajstić information content (AvgIpc) is 2.99. The van der Waals surface area contributed by atoms with Gasteiger partial charge in [-0.2, -0.15) is 4.31 Å². The highest BCUT2D eigenvalue weighted by Crippen LogP contribution is 2.25. The van der Waals surface area contributed by atoms with Gasteiger partial charge >= 0.3 is 0 Å². The first-order valence-corrected chi connectivity index (χ1v) is 8.15. The molecule has 1 aromatic rings. The smallest absolute Gasteiger partial charge is 0.243 e. The van der Waals surface area contributed by atoms with Crippen molar-refractivity contribution >= 4 is 21.4 Å². The van der Waals surface area contributed by atoms with E-state index in [0.717, 1.165) is 11.3 Å². The third kappa shape index (κ3) is 2.75. The number of ether oxygens (including phenoxy) is 1. The molecule has 1 fully saturated rings. The minimum Gasteiger partial charge on any atom is -0.380 e. The molecular formula is C11H18N2O3S2. The summed E-state index contributed by atoms with van der Waals surface area (Å²) in [5, 5.41) is 4.72. The van der Waals surface area contributed by atoms with Gasteiger partial charge in [0.15, 0.2) is 0 Å². The predicted octanol–water partition coefficient (Wildman–Crippen LogP) is 0.877. The van der Waals surface area contributed by atoms with Crippen LogP contribution in [-0.4, -0.2) is 46.1 Å². The van der Waals surface area contributed by atoms with Crippen LogP contribution in [0.5, 0.6) is 0 Å². The number of sulfonamides is 1. The molecule has 0 amide bonds. The van der Waals surface area contributed by atoms with Gasteiger partial charge in [-0.3, -0.25) is 0 Å². The minimum absolute atomic E-state index is 0.0392. The van der Waals surface area contributed by atoms with Crippen LogP contribution in [0, 0.1) is 0 Å². The molecule has 0 aliphatic carbocycles. The van der Waals surface area contributed by atoms with E-state index in [1.54, 1.807) is 18.5 Å². The van der Waals surface area contributed by atoms with Gasteiger partial charge in [0, 0.05) is 30.5 Å². The largest absolute Gasteiger partial charge is 0.380 e. The third-order valence-corrected chi connectivity index (χ3v) is 6.05. The first-order valence-electron chi connectivity index (χ1n) is 5.83. The van der Waals surface area contributed by atoms with Crippen molar-refractivity contribution in [2.45, 2.75) is 23.9 Å². The van der Waals surface area contributed by atoms with Gasteiger partial charge in [-0.1, -0.05) is 0 Å². The minimum atomic E-state index is -3.38. The summed E-state index contributed by atoms with van der Waals surface area (Å²) in [6, 6.07) is 1.70. The molecule has 0 bridgehead atoms. The lowest BCUT2D eigenvalue weighted by Crippen LogP contribution is -2.37. The summed E-state index contributed by atoms with van der Waals surface area (Å²) in [4.78, 5) is 1.40. The number of nitrogens with one attached hydrogen (secondary N) is 1. The van der Waals surface area contributed by atoms with Gasteiger partial charge in [0.2, 0.25) is 10.0 Å². The molecule has 1 saturated heterocycles. The Balaban J connectivity index is 2.18. The molecule has 1 unspecified atom stereocenters. The molecule has 1 aliphatic rings. The molecule has 102 valence electrons. The number of hydrogen-bond donors (Lipinski definition) is 1. The van der Waals surface area contributed by atoms with E-state index < -0.39 is 10.0 Å². The maximum absolute atomic E-state index is 12.4. The Kier molecular flexibility index (Phi) is 4.39. The van der Waals surface area contributed by atoms with Crippen molar-refractivity contribution in [1.82, 2.24) is 9.62 Å². The van der Waals surface area contributed by atoms with Crippen LogP contribution in [-0.2, 0) is 21.3 Å². The van der Waals surface area contributed by atoms with Crippen molar-refractivity contribution in [2.24, 2.45) is 0 Å². The highest BCUT2D eigenvalue weighted by molar-refractivity contribution is 7.89. The second kappa shape index (κ2) is 5.66. The average molecular weight is 290 g/mol. The number of rotatable bonds is 5. The fraction of sp³-hybridized carbons (Fsp3) is 0.636. The molecule has 5 nitrogen and oxygen atoms in total. The molecular weight excluding hydrogens is 272 g/mol. The van der Waals surface area contributed by atoms with E-state index in [0.29, 0.717) is 24.7 Å². The molecule has 18 heavy (non-hydrogen) atoms. The summed E-state index contributed by atoms with van der Waals surface area (Å²) >= 11 is 1.46. The maximum Gasteiger partial charge on any atom is 0.243 e. The SMILES string of the molecule is CNCc1cc(S(=O)(=O)N(C)C2CCOC2)cs1. The molecule has 0 aromatic carbocycles. The van der Waals surface area contributed by atoms with E-state index in [2.05, 4.69) is 5.32 Å². The molecule has 0 saturated carbocycles. The third-order valence-electron chi connectivity index (χ3n) is 3.08. The molecule has 0 radical (unpaired) electrons. The highest BCUT2D eigenvalue weighted by Gasteiger charge is 2.31. The molecule has 1 aromatic heterocycles. The Labute approximate surface area is 112 Å². The first-order chi connectivity index (χ1) is 8.55. The second-order valence-electron chi connectivity index (χ2n) is 4.32. The first kappa shape index (κ1) is 14.0. The normalized spacial score (nSPS) is 20.7. The number of hydrogen-bond acceptors (Lipinski definition) is 5. The molecule has 2 rings (SSSR count). The number of thiophene rings is 1. The Morgan fingerprint density at radius 2 is 2.39 bits per heavy atom. The Bertz CT molecular complexity index is 492. The van der Waals surface area contributed by atoms with Crippen LogP contribution in [0.25, 0.3) is 0 Å². The number of likely N-dealkylation sites (N-methyl/N-ethyl adjacent to an activating group) is 1. The van der Waals surface area contributed by atoms with Gasteiger partial charge in [0.1, 0.15) is 0 Å². The summed E-state index contributed by atoms with van der Waals surface area (Å²) < 4.78 is 31.5. The van der Waals surface area contributed by atoms with E-state index in [1.807, 2.05) is 7.05 Å². The fourth-order valence-electron chi connectivity index (χ4n) is 1.93. The Hall–Kier alpha value is -0.470. The topological polar surface area (TPSA) is 58.6 Å². The molecule has 0 spiro atoms. The van der Waals surface area contributed by atoms with Crippen LogP contribution in [0.4, 0.5) is 0 Å². The summed E-state index contributed by atoms with van der Waals surface area (Å²) in [5.74, 6) is 0. The van der Waals surface area contributed by atoms with Gasteiger partial charge < -0.3 is 10.1 Å². The van der Waals surface area contributed by atoms with Gasteiger partial charge in [-0.25, -0.2) is 8.42 Å². The Morgan fingerprint density at radius 3 is 3.00 bits per heavy atom. The van der Waals surface area contributed by atoms with E-state index in [1.165, 1.54) is 15.6 Å². The number of nitrogens with zero attached hydrogens (tertiary/aromatic N) is 1. The van der Waals surface area contributed by atoms with Crippen molar-refractivity contribution in [1.29, 1.82) is 0 Å². The van der Waals surface area contributed by atoms with Crippen molar-refractivity contribution < 1.29 is 13.2 Å². The van der Waals surface area contributed by atoms with Crippen LogP contribution in [0.1, 0.15) is 11.3 Å². The quantitative estimate of drug-likeness (QED) is 0.874. The van der Waals surface area contributed by atoms with E-state index in [-0.39, 0.29) is 6.04 Å². The second-order valence-corrected chi connectivity index (χ2v) is 7.31. The zero-order valence-electron chi connectivity index (χ0n) is 10.5. The van der Waals surface area contributed by atoms with Crippen LogP contribution in [0.2, 0.25) is 0 Å². The Morgan fingerprint density at radius 1 is 1.61 bits per heavy atom. The van der Waals surface area contributed by atoms with Crippen LogP contribution >= 0.6 is 11.3 Å². The molecule has 2 heterocycles. The molecule has 1 atom stereocenters. The van der Waals surface area contributed by atoms with E-state index in [9.17, 15) is 8.42 Å². The zero-order valence-corrected chi connectivity index (χ0v) is 12.2. The summed E-state index contributed by atoms with van der Waals surface area (Å²) in [7, 11) is 0.0883. The van der Waals surface area contributed by atoms with Gasteiger partial charge in [0.25, 0.3) is 0 Å². The fourth-order valence-corrected chi connectivity index (χ4v) is 4.58. The van der Waals surface area contributed by atoms with Crippen molar-refractivity contribution in [3.05, 3.63) is 16.3 Å². The van der Waals surface area contributed by atoms with Crippen LogP contribution in [0.15, 0.2) is 16.3 Å².